The Kier molecular flexibility index (Phi) is 3.59. The van der Waals surface area contributed by atoms with Crippen LogP contribution in [0.25, 0.3) is 0 Å². The summed E-state index contributed by atoms with van der Waals surface area (Å²) in [7, 11) is 0. The van der Waals surface area contributed by atoms with Crippen LogP contribution in [0.2, 0.25) is 0 Å². The Morgan fingerprint density at radius 2 is 2.00 bits per heavy atom. The van der Waals surface area contributed by atoms with Crippen LogP contribution in [0.3, 0.4) is 0 Å². The van der Waals surface area contributed by atoms with E-state index in [1.807, 2.05) is 29.9 Å². The molecule has 0 unspecified atom stereocenters. The molecule has 1 aliphatic heterocycles. The number of allylic oxidation sites excluding steroid dienone is 2. The molecule has 0 aliphatic carbocycles. The highest BCUT2D eigenvalue weighted by molar-refractivity contribution is 9.10. The fraction of sp³-hybridized carbons (Fsp3) is 0.0833. The number of rotatable bonds is 2. The van der Waals surface area contributed by atoms with Gasteiger partial charge in [-0.3, -0.25) is 0 Å². The Bertz CT molecular complexity index is 511. The third kappa shape index (κ3) is 2.56. The van der Waals surface area contributed by atoms with E-state index < -0.39 is 17.1 Å². The summed E-state index contributed by atoms with van der Waals surface area (Å²) in [5.41, 5.74) is 1.06. The maximum Gasteiger partial charge on any atom is 0.353 e. The summed E-state index contributed by atoms with van der Waals surface area (Å²) in [4.78, 5) is 11.9. The molecule has 1 N–H and O–H groups in total. The van der Waals surface area contributed by atoms with Crippen LogP contribution in [0.4, 0.5) is 0 Å². The first-order valence-electron chi connectivity index (χ1n) is 4.93. The van der Waals surface area contributed by atoms with Crippen molar-refractivity contribution < 1.29 is 14.1 Å². The van der Waals surface area contributed by atoms with Crippen molar-refractivity contribution in [2.24, 2.45) is 0 Å². The van der Waals surface area contributed by atoms with Crippen LogP contribution >= 0.6 is 27.1 Å². The third-order valence-corrected chi connectivity index (χ3v) is 4.61. The molecule has 0 fully saturated rings. The molecule has 90 valence electrons. The lowest BCUT2D eigenvalue weighted by Crippen LogP contribution is -2.04. The summed E-state index contributed by atoms with van der Waals surface area (Å²) >= 11 is 2.31. The van der Waals surface area contributed by atoms with E-state index in [0.29, 0.717) is 4.47 Å². The van der Waals surface area contributed by atoms with Crippen molar-refractivity contribution in [2.75, 3.05) is 0 Å². The molecule has 5 heteroatoms. The lowest BCUT2D eigenvalue weighted by Gasteiger charge is -2.13. The molecule has 17 heavy (non-hydrogen) atoms. The highest BCUT2D eigenvalue weighted by Gasteiger charge is 2.20. The van der Waals surface area contributed by atoms with Crippen LogP contribution in [-0.4, -0.2) is 11.1 Å². The van der Waals surface area contributed by atoms with Gasteiger partial charge >= 0.3 is 5.97 Å². The minimum absolute atomic E-state index is 0.0744. The molecule has 0 saturated carbocycles. The quantitative estimate of drug-likeness (QED) is 0.820. The average Bonchev–Trinajstić information content (AvgIpc) is 2.77. The molecular weight excluding hydrogens is 304 g/mol. The van der Waals surface area contributed by atoms with Crippen LogP contribution in [-0.2, 0) is 4.18 Å². The zero-order valence-electron chi connectivity index (χ0n) is 9.05. The van der Waals surface area contributed by atoms with E-state index >= 15 is 0 Å². The van der Waals surface area contributed by atoms with Crippen LogP contribution < -0.4 is 0 Å². The smallest absolute Gasteiger partial charge is 0.353 e. The van der Waals surface area contributed by atoms with Gasteiger partial charge in [0.1, 0.15) is 11.3 Å². The summed E-state index contributed by atoms with van der Waals surface area (Å²) in [6.45, 7) is 1.85. The Morgan fingerprint density at radius 3 is 2.65 bits per heavy atom. The monoisotopic (exact) mass is 314 g/mol. The van der Waals surface area contributed by atoms with Gasteiger partial charge in [-0.05, 0) is 45.3 Å². The average molecular weight is 315 g/mol. The number of carbonyl (C=O) groups is 1. The van der Waals surface area contributed by atoms with Crippen LogP contribution in [0.15, 0.2) is 39.6 Å². The zero-order chi connectivity index (χ0) is 12.4. The predicted octanol–water partition coefficient (Wildman–Crippen LogP) is 3.58. The Morgan fingerprint density at radius 1 is 1.35 bits per heavy atom. The van der Waals surface area contributed by atoms with Gasteiger partial charge in [-0.1, -0.05) is 29.4 Å². The number of aromatic hydroxyl groups is 1. The first-order chi connectivity index (χ1) is 8.09. The molecule has 1 aromatic rings. The fourth-order valence-corrected chi connectivity index (χ4v) is 2.92. The summed E-state index contributed by atoms with van der Waals surface area (Å²) in [5.74, 6) is -0.588. The predicted molar refractivity (Wildman–Crippen MR) is 73.2 cm³/mol. The number of carbonyl (C=O) groups excluding carboxylic acids is 1. The number of thiol groups is 1. The van der Waals surface area contributed by atoms with Crippen molar-refractivity contribution in [3.8, 4) is 5.75 Å². The van der Waals surface area contributed by atoms with Gasteiger partial charge in [0, 0.05) is 4.47 Å². The minimum Gasteiger partial charge on any atom is -0.507 e. The van der Waals surface area contributed by atoms with Crippen molar-refractivity contribution in [3.63, 3.8) is 0 Å². The van der Waals surface area contributed by atoms with E-state index in [1.54, 1.807) is 6.07 Å². The molecule has 0 spiro atoms. The van der Waals surface area contributed by atoms with Crippen LogP contribution in [0, 0.1) is 6.92 Å². The maximum atomic E-state index is 11.9. The molecule has 0 radical (unpaired) electrons. The van der Waals surface area contributed by atoms with Gasteiger partial charge in [0.15, 0.2) is 0 Å². The second-order valence-corrected chi connectivity index (χ2v) is 5.80. The SMILES string of the molecule is Cc1ccc(O)c(C(=O)O[SH]2C=CC=C2)c1Br. The molecule has 3 nitrogen and oxygen atoms in total. The van der Waals surface area contributed by atoms with Gasteiger partial charge in [0.05, 0.1) is 0 Å². The Labute approximate surface area is 110 Å². The molecule has 0 amide bonds. The summed E-state index contributed by atoms with van der Waals surface area (Å²) in [6, 6.07) is 3.22. The van der Waals surface area contributed by atoms with Crippen LogP contribution in [0.5, 0.6) is 5.75 Å². The molecule has 0 bridgehead atoms. The number of benzene rings is 1. The number of phenolic OH excluding ortho intramolecular Hbond substituents is 1. The van der Waals surface area contributed by atoms with E-state index in [-0.39, 0.29) is 11.3 Å². The topological polar surface area (TPSA) is 46.5 Å². The summed E-state index contributed by atoms with van der Waals surface area (Å²) in [6.07, 6.45) is 3.67. The van der Waals surface area contributed by atoms with E-state index in [1.165, 1.54) is 6.07 Å². The molecule has 2 rings (SSSR count). The van der Waals surface area contributed by atoms with Crippen molar-refractivity contribution >= 4 is 33.1 Å². The van der Waals surface area contributed by atoms with Crippen molar-refractivity contribution in [1.29, 1.82) is 0 Å². The van der Waals surface area contributed by atoms with Crippen molar-refractivity contribution in [1.82, 2.24) is 0 Å². The summed E-state index contributed by atoms with van der Waals surface area (Å²) in [5, 5.41) is 13.4. The standard InChI is InChI=1S/C12H11BrO3S/c1-8-4-5-9(14)10(11(8)13)12(15)16-17-6-2-3-7-17/h2-7,14,17H,1H3. The molecule has 1 heterocycles. The van der Waals surface area contributed by atoms with Crippen molar-refractivity contribution in [3.05, 3.63) is 50.7 Å². The molecule has 1 aromatic carbocycles. The highest BCUT2D eigenvalue weighted by atomic mass is 79.9. The minimum atomic E-state index is -0.985. The van der Waals surface area contributed by atoms with E-state index in [4.69, 9.17) is 4.18 Å². The lowest BCUT2D eigenvalue weighted by atomic mass is 10.1. The van der Waals surface area contributed by atoms with Crippen LogP contribution in [0.1, 0.15) is 15.9 Å². The largest absolute Gasteiger partial charge is 0.507 e. The molecular formula is C12H11BrO3S. The van der Waals surface area contributed by atoms with E-state index in [0.717, 1.165) is 5.56 Å². The van der Waals surface area contributed by atoms with Gasteiger partial charge in [0.25, 0.3) is 0 Å². The van der Waals surface area contributed by atoms with Crippen molar-refractivity contribution in [2.45, 2.75) is 6.92 Å². The Balaban J connectivity index is 2.27. The highest BCUT2D eigenvalue weighted by Crippen LogP contribution is 2.37. The number of hydrogen-bond donors (Lipinski definition) is 2. The van der Waals surface area contributed by atoms with Gasteiger partial charge in [-0.25, -0.2) is 4.79 Å². The molecule has 0 aromatic heterocycles. The van der Waals surface area contributed by atoms with E-state index in [9.17, 15) is 9.90 Å². The number of halogens is 1. The fourth-order valence-electron chi connectivity index (χ4n) is 1.39. The van der Waals surface area contributed by atoms with E-state index in [2.05, 4.69) is 15.9 Å². The van der Waals surface area contributed by atoms with Gasteiger partial charge in [-0.15, -0.1) is 0 Å². The Hall–Kier alpha value is -1.20. The number of phenols is 1. The van der Waals surface area contributed by atoms with Gasteiger partial charge in [-0.2, -0.15) is 0 Å². The number of aryl methyl sites for hydroxylation is 1. The zero-order valence-corrected chi connectivity index (χ0v) is 11.5. The molecule has 0 atom stereocenters. The molecule has 0 saturated heterocycles. The molecule has 1 aliphatic rings. The third-order valence-electron chi connectivity index (χ3n) is 2.28. The second kappa shape index (κ2) is 4.98. The summed E-state index contributed by atoms with van der Waals surface area (Å²) < 4.78 is 5.85. The number of hydrogen-bond acceptors (Lipinski definition) is 3. The normalized spacial score (nSPS) is 15.3. The second-order valence-electron chi connectivity index (χ2n) is 3.51. The maximum absolute atomic E-state index is 11.9. The lowest BCUT2D eigenvalue weighted by molar-refractivity contribution is 0.0762. The van der Waals surface area contributed by atoms with Gasteiger partial charge in [0.2, 0.25) is 0 Å². The first kappa shape index (κ1) is 12.3. The first-order valence-corrected chi connectivity index (χ1v) is 7.12. The van der Waals surface area contributed by atoms with Gasteiger partial charge < -0.3 is 9.29 Å².